The van der Waals surface area contributed by atoms with Crippen molar-refractivity contribution >= 4 is 17.5 Å². The molecule has 2 N–H and O–H groups in total. The van der Waals surface area contributed by atoms with Gasteiger partial charge in [-0.2, -0.15) is 0 Å². The number of nitrogens with one attached hydrogen (secondary N) is 1. The second-order valence-corrected chi connectivity index (χ2v) is 6.28. The zero-order valence-electron chi connectivity index (χ0n) is 13.2. The van der Waals surface area contributed by atoms with E-state index < -0.39 is 12.2 Å². The van der Waals surface area contributed by atoms with Gasteiger partial charge in [0.25, 0.3) is 5.91 Å². The van der Waals surface area contributed by atoms with E-state index >= 15 is 0 Å². The number of carbonyl (C=O) groups is 1. The molecule has 1 aromatic rings. The second-order valence-electron chi connectivity index (χ2n) is 5.84. The number of amides is 1. The number of rotatable bonds is 6. The van der Waals surface area contributed by atoms with Crippen LogP contribution in [0.4, 0.5) is 0 Å². The molecule has 0 aliphatic rings. The Balaban J connectivity index is 2.84. The molecular weight excluding hydrogens is 290 g/mol. The van der Waals surface area contributed by atoms with Crippen LogP contribution in [0.15, 0.2) is 18.2 Å². The normalized spacial score (nSPS) is 14.4. The van der Waals surface area contributed by atoms with Crippen LogP contribution in [-0.2, 0) is 4.79 Å². The van der Waals surface area contributed by atoms with Gasteiger partial charge in [-0.05, 0) is 52.3 Å². The lowest BCUT2D eigenvalue weighted by Gasteiger charge is -2.27. The molecular formula is C16H24ClNO3. The van der Waals surface area contributed by atoms with E-state index in [0.717, 1.165) is 6.42 Å². The van der Waals surface area contributed by atoms with Gasteiger partial charge in [-0.15, -0.1) is 0 Å². The molecule has 5 heteroatoms. The lowest BCUT2D eigenvalue weighted by Crippen LogP contribution is -2.48. The minimum atomic E-state index is -0.721. The highest BCUT2D eigenvalue weighted by molar-refractivity contribution is 6.30. The molecule has 0 bridgehead atoms. The Morgan fingerprint density at radius 3 is 2.57 bits per heavy atom. The summed E-state index contributed by atoms with van der Waals surface area (Å²) < 4.78 is 5.68. The van der Waals surface area contributed by atoms with Crippen LogP contribution < -0.4 is 10.1 Å². The van der Waals surface area contributed by atoms with Gasteiger partial charge in [0.15, 0.2) is 6.10 Å². The van der Waals surface area contributed by atoms with E-state index in [4.69, 9.17) is 16.3 Å². The molecule has 2 atom stereocenters. The monoisotopic (exact) mass is 313 g/mol. The van der Waals surface area contributed by atoms with Crippen LogP contribution in [0.1, 0.15) is 52.7 Å². The third-order valence-electron chi connectivity index (χ3n) is 3.44. The average Bonchev–Trinajstić information content (AvgIpc) is 2.40. The zero-order valence-corrected chi connectivity index (χ0v) is 14.0. The topological polar surface area (TPSA) is 58.6 Å². The van der Waals surface area contributed by atoms with Crippen molar-refractivity contribution < 1.29 is 14.6 Å². The highest BCUT2D eigenvalue weighted by Gasteiger charge is 2.24. The highest BCUT2D eigenvalue weighted by atomic mass is 35.5. The number of benzene rings is 1. The van der Waals surface area contributed by atoms with Crippen LogP contribution in [-0.4, -0.2) is 22.7 Å². The van der Waals surface area contributed by atoms with Crippen LogP contribution in [0, 0.1) is 0 Å². The van der Waals surface area contributed by atoms with E-state index in [2.05, 4.69) is 5.32 Å². The predicted octanol–water partition coefficient (Wildman–Crippen LogP) is 3.47. The lowest BCUT2D eigenvalue weighted by atomic mass is 10.0. The summed E-state index contributed by atoms with van der Waals surface area (Å²) in [5.74, 6) is 0.277. The van der Waals surface area contributed by atoms with Crippen molar-refractivity contribution in [3.05, 3.63) is 28.8 Å². The van der Waals surface area contributed by atoms with Gasteiger partial charge < -0.3 is 15.2 Å². The lowest BCUT2D eigenvalue weighted by molar-refractivity contribution is -0.129. The first-order chi connectivity index (χ1) is 9.66. The smallest absolute Gasteiger partial charge is 0.261 e. The standard InChI is InChI=1S/C16H24ClNO3/c1-6-16(4,5)18-15(20)11(3)21-14-8-7-12(17)9-13(14)10(2)19/h7-11,19H,6H2,1-5H3,(H,18,20)/t10-,11?/m0/s1. The maximum atomic E-state index is 12.1. The molecule has 21 heavy (non-hydrogen) atoms. The first kappa shape index (κ1) is 17.8. The molecule has 0 aliphatic carbocycles. The molecule has 0 aliphatic heterocycles. The summed E-state index contributed by atoms with van der Waals surface area (Å²) in [6.07, 6.45) is -0.554. The molecule has 1 aromatic carbocycles. The summed E-state index contributed by atoms with van der Waals surface area (Å²) in [5.41, 5.74) is 0.291. The maximum Gasteiger partial charge on any atom is 0.261 e. The molecule has 4 nitrogen and oxygen atoms in total. The largest absolute Gasteiger partial charge is 0.481 e. The highest BCUT2D eigenvalue weighted by Crippen LogP contribution is 2.29. The van der Waals surface area contributed by atoms with Crippen LogP contribution in [0.3, 0.4) is 0 Å². The van der Waals surface area contributed by atoms with Crippen molar-refractivity contribution in [1.82, 2.24) is 5.32 Å². The summed E-state index contributed by atoms with van der Waals surface area (Å²) in [7, 11) is 0. The quantitative estimate of drug-likeness (QED) is 0.845. The van der Waals surface area contributed by atoms with Crippen LogP contribution in [0.25, 0.3) is 0 Å². The number of hydrogen-bond donors (Lipinski definition) is 2. The van der Waals surface area contributed by atoms with Crippen molar-refractivity contribution in [1.29, 1.82) is 0 Å². The predicted molar refractivity (Wildman–Crippen MR) is 84.7 cm³/mol. The van der Waals surface area contributed by atoms with E-state index in [-0.39, 0.29) is 11.4 Å². The Kier molecular flexibility index (Phi) is 6.05. The fraction of sp³-hybridized carbons (Fsp3) is 0.562. The molecule has 0 radical (unpaired) electrons. The van der Waals surface area contributed by atoms with Crippen molar-refractivity contribution in [2.75, 3.05) is 0 Å². The van der Waals surface area contributed by atoms with Gasteiger partial charge in [-0.3, -0.25) is 4.79 Å². The molecule has 0 fully saturated rings. The summed E-state index contributed by atoms with van der Waals surface area (Å²) in [6.45, 7) is 9.24. The summed E-state index contributed by atoms with van der Waals surface area (Å²) in [6, 6.07) is 4.98. The molecule has 0 saturated carbocycles. The summed E-state index contributed by atoms with van der Waals surface area (Å²) >= 11 is 5.92. The molecule has 1 amide bonds. The fourth-order valence-corrected chi connectivity index (χ4v) is 1.90. The molecule has 0 spiro atoms. The number of ether oxygens (including phenoxy) is 1. The number of aliphatic hydroxyl groups excluding tert-OH is 1. The Hall–Kier alpha value is -1.26. The third-order valence-corrected chi connectivity index (χ3v) is 3.68. The first-order valence-corrected chi connectivity index (χ1v) is 7.50. The van der Waals surface area contributed by atoms with E-state index in [9.17, 15) is 9.90 Å². The Labute approximate surface area is 131 Å². The van der Waals surface area contributed by atoms with Crippen molar-refractivity contribution in [2.24, 2.45) is 0 Å². The fourth-order valence-electron chi connectivity index (χ4n) is 1.72. The van der Waals surface area contributed by atoms with Crippen molar-refractivity contribution in [3.63, 3.8) is 0 Å². The van der Waals surface area contributed by atoms with Gasteiger partial charge in [0, 0.05) is 16.1 Å². The number of carbonyl (C=O) groups excluding carboxylic acids is 1. The van der Waals surface area contributed by atoms with Crippen LogP contribution >= 0.6 is 11.6 Å². The molecule has 0 heterocycles. The molecule has 118 valence electrons. The zero-order chi connectivity index (χ0) is 16.2. The minimum Gasteiger partial charge on any atom is -0.481 e. The first-order valence-electron chi connectivity index (χ1n) is 7.12. The third kappa shape index (κ3) is 5.21. The molecule has 0 aromatic heterocycles. The number of halogens is 1. The molecule has 1 unspecified atom stereocenters. The Bertz CT molecular complexity index is 500. The van der Waals surface area contributed by atoms with E-state index in [1.165, 1.54) is 0 Å². The molecule has 0 saturated heterocycles. The average molecular weight is 314 g/mol. The summed E-state index contributed by atoms with van der Waals surface area (Å²) in [4.78, 5) is 12.1. The number of aliphatic hydroxyl groups is 1. The van der Waals surface area contributed by atoms with Gasteiger partial charge in [-0.1, -0.05) is 18.5 Å². The van der Waals surface area contributed by atoms with Gasteiger partial charge in [0.2, 0.25) is 0 Å². The van der Waals surface area contributed by atoms with E-state index in [1.807, 2.05) is 20.8 Å². The molecule has 1 rings (SSSR count). The Morgan fingerprint density at radius 2 is 2.05 bits per heavy atom. The maximum absolute atomic E-state index is 12.1. The van der Waals surface area contributed by atoms with Gasteiger partial charge >= 0.3 is 0 Å². The summed E-state index contributed by atoms with van der Waals surface area (Å²) in [5, 5.41) is 13.2. The van der Waals surface area contributed by atoms with Crippen LogP contribution in [0.5, 0.6) is 5.75 Å². The van der Waals surface area contributed by atoms with E-state index in [0.29, 0.717) is 16.3 Å². The van der Waals surface area contributed by atoms with Gasteiger partial charge in [0.05, 0.1) is 6.10 Å². The van der Waals surface area contributed by atoms with Gasteiger partial charge in [0.1, 0.15) is 5.75 Å². The SMILES string of the molecule is CCC(C)(C)NC(=O)C(C)Oc1ccc(Cl)cc1[C@H](C)O. The van der Waals surface area contributed by atoms with Crippen molar-refractivity contribution in [2.45, 2.75) is 58.8 Å². The van der Waals surface area contributed by atoms with Crippen molar-refractivity contribution in [3.8, 4) is 5.75 Å². The number of hydrogen-bond acceptors (Lipinski definition) is 3. The van der Waals surface area contributed by atoms with Crippen LogP contribution in [0.2, 0.25) is 5.02 Å². The Morgan fingerprint density at radius 1 is 1.43 bits per heavy atom. The minimum absolute atomic E-state index is 0.187. The second kappa shape index (κ2) is 7.14. The van der Waals surface area contributed by atoms with Gasteiger partial charge in [-0.25, -0.2) is 0 Å². The van der Waals surface area contributed by atoms with E-state index in [1.54, 1.807) is 32.0 Å².